The molecule has 0 spiro atoms. The maximum atomic E-state index is 11.5. The number of nitrogens with zero attached hydrogens (tertiary/aromatic N) is 5. The van der Waals surface area contributed by atoms with E-state index in [1.165, 1.54) is 51.4 Å². The second-order valence-electron chi connectivity index (χ2n) is 14.6. The van der Waals surface area contributed by atoms with E-state index < -0.39 is 4.92 Å². The molecule has 57 heavy (non-hydrogen) atoms. The van der Waals surface area contributed by atoms with Crippen molar-refractivity contribution in [3.05, 3.63) is 89.0 Å². The first-order chi connectivity index (χ1) is 27.8. The summed E-state index contributed by atoms with van der Waals surface area (Å²) in [7, 11) is 0. The maximum absolute atomic E-state index is 11.5. The summed E-state index contributed by atoms with van der Waals surface area (Å²) >= 11 is 0. The number of hydrogen-bond acceptors (Lipinski definition) is 12. The lowest BCUT2D eigenvalue weighted by Crippen LogP contribution is -2.23. The Kier molecular flexibility index (Phi) is 12.4. The van der Waals surface area contributed by atoms with Gasteiger partial charge >= 0.3 is 5.69 Å². The van der Waals surface area contributed by atoms with Gasteiger partial charge in [0.15, 0.2) is 5.75 Å². The Labute approximate surface area is 332 Å². The third-order valence-electron chi connectivity index (χ3n) is 10.6. The van der Waals surface area contributed by atoms with Crippen molar-refractivity contribution in [2.75, 3.05) is 35.3 Å². The Hall–Kier alpha value is -6.24. The standard InChI is InChI=1S/C22H25N5O3.C22H26N4O/c1-2-30-20-11-9-15(13-19(20)27(28)29)14-8-10-18-17(12-14)21(26-22(23)25-18)24-16-6-4-3-5-7-16;1-2-27-18-11-8-15(9-12-18)16-10-13-20-19(14-16)21(26-22(23)25-20)24-17-6-4-3-5-7-17/h8-13,16H,2-7H2,1H3,(H3,23,24,25,26);8-14,17H,2-7H2,1H3,(H3,23,24,25,26). The van der Waals surface area contributed by atoms with E-state index in [2.05, 4.69) is 54.8 Å². The van der Waals surface area contributed by atoms with Crippen molar-refractivity contribution < 1.29 is 14.4 Å². The summed E-state index contributed by atoms with van der Waals surface area (Å²) in [4.78, 5) is 28.8. The quantitative estimate of drug-likeness (QED) is 0.0722. The highest BCUT2D eigenvalue weighted by Gasteiger charge is 2.20. The van der Waals surface area contributed by atoms with Crippen molar-refractivity contribution in [1.82, 2.24) is 19.9 Å². The van der Waals surface area contributed by atoms with Crippen LogP contribution in [0.25, 0.3) is 44.1 Å². The number of nitrogen functional groups attached to an aromatic ring is 2. The van der Waals surface area contributed by atoms with Crippen molar-refractivity contribution >= 4 is 51.0 Å². The van der Waals surface area contributed by atoms with Crippen LogP contribution in [-0.4, -0.2) is 50.2 Å². The lowest BCUT2D eigenvalue weighted by atomic mass is 9.95. The number of anilines is 4. The zero-order chi connectivity index (χ0) is 39.7. The van der Waals surface area contributed by atoms with Crippen molar-refractivity contribution in [1.29, 1.82) is 0 Å². The summed E-state index contributed by atoms with van der Waals surface area (Å²) in [5.74, 6) is 3.25. The Bertz CT molecular complexity index is 2320. The summed E-state index contributed by atoms with van der Waals surface area (Å²) in [5.41, 5.74) is 17.3. The van der Waals surface area contributed by atoms with Gasteiger partial charge in [-0.3, -0.25) is 10.1 Å². The first-order valence-electron chi connectivity index (χ1n) is 20.1. The van der Waals surface area contributed by atoms with Gasteiger partial charge in [-0.1, -0.05) is 68.9 Å². The molecule has 2 aliphatic rings. The fraction of sp³-hybridized carbons (Fsp3) is 0.364. The molecule has 2 aliphatic carbocycles. The van der Waals surface area contributed by atoms with Crippen LogP contribution >= 0.6 is 0 Å². The first-order valence-corrected chi connectivity index (χ1v) is 20.1. The summed E-state index contributed by atoms with van der Waals surface area (Å²) < 4.78 is 10.9. The second-order valence-corrected chi connectivity index (χ2v) is 14.6. The predicted molar refractivity (Wildman–Crippen MR) is 229 cm³/mol. The SMILES string of the molecule is CCOc1ccc(-c2ccc3nc(N)nc(NC4CCCCC4)c3c2)cc1.CCOc1ccc(-c2ccc3nc(N)nc(NC4CCCCC4)c3c2)cc1[N+](=O)[O-]. The number of fused-ring (bicyclic) bond motifs is 2. The van der Waals surface area contributed by atoms with Gasteiger partial charge in [0.1, 0.15) is 17.4 Å². The van der Waals surface area contributed by atoms with E-state index in [-0.39, 0.29) is 17.4 Å². The number of rotatable bonds is 11. The highest BCUT2D eigenvalue weighted by atomic mass is 16.6. The van der Waals surface area contributed by atoms with Gasteiger partial charge in [0, 0.05) is 28.9 Å². The molecule has 4 aromatic carbocycles. The lowest BCUT2D eigenvalue weighted by Gasteiger charge is -2.24. The molecule has 13 nitrogen and oxygen atoms in total. The van der Waals surface area contributed by atoms with Crippen LogP contribution in [0.1, 0.15) is 78.1 Å². The zero-order valence-electron chi connectivity index (χ0n) is 32.7. The van der Waals surface area contributed by atoms with Gasteiger partial charge in [0.25, 0.3) is 0 Å². The molecule has 8 rings (SSSR count). The minimum absolute atomic E-state index is 0.0523. The molecule has 0 aliphatic heterocycles. The van der Waals surface area contributed by atoms with Gasteiger partial charge in [-0.2, -0.15) is 9.97 Å². The van der Waals surface area contributed by atoms with Crippen LogP contribution in [0.2, 0.25) is 0 Å². The molecule has 6 aromatic rings. The molecule has 2 fully saturated rings. The van der Waals surface area contributed by atoms with Crippen molar-refractivity contribution in [3.63, 3.8) is 0 Å². The topological polar surface area (TPSA) is 189 Å². The number of aromatic nitrogens is 4. The Morgan fingerprint density at radius 1 is 0.614 bits per heavy atom. The van der Waals surface area contributed by atoms with Crippen LogP contribution in [0.4, 0.5) is 29.2 Å². The number of hydrogen-bond donors (Lipinski definition) is 4. The van der Waals surface area contributed by atoms with Gasteiger partial charge in [0.05, 0.1) is 29.2 Å². The van der Waals surface area contributed by atoms with E-state index in [1.807, 2.05) is 49.4 Å². The molecule has 6 N–H and O–H groups in total. The highest BCUT2D eigenvalue weighted by Crippen LogP contribution is 2.36. The summed E-state index contributed by atoms with van der Waals surface area (Å²) in [6, 6.07) is 26.0. The number of ether oxygens (including phenoxy) is 2. The molecule has 2 heterocycles. The summed E-state index contributed by atoms with van der Waals surface area (Å²) in [6.07, 6.45) is 12.1. The monoisotopic (exact) mass is 769 g/mol. The fourth-order valence-electron chi connectivity index (χ4n) is 7.78. The number of nitro groups is 1. The lowest BCUT2D eigenvalue weighted by molar-refractivity contribution is -0.385. The number of nitrogens with one attached hydrogen (secondary N) is 2. The minimum Gasteiger partial charge on any atom is -0.494 e. The Balaban J connectivity index is 0.000000175. The van der Waals surface area contributed by atoms with Crippen LogP contribution in [-0.2, 0) is 0 Å². The minimum atomic E-state index is -0.421. The molecule has 0 bridgehead atoms. The smallest absolute Gasteiger partial charge is 0.311 e. The molecular weight excluding hydrogens is 719 g/mol. The van der Waals surface area contributed by atoms with Gasteiger partial charge in [-0.15, -0.1) is 0 Å². The van der Waals surface area contributed by atoms with Gasteiger partial charge in [-0.05, 0) is 104 Å². The second kappa shape index (κ2) is 18.1. The number of nitrogens with two attached hydrogens (primary N) is 2. The molecule has 296 valence electrons. The van der Waals surface area contributed by atoms with E-state index >= 15 is 0 Å². The number of nitro benzene ring substituents is 1. The fourth-order valence-corrected chi connectivity index (χ4v) is 7.78. The molecule has 2 saturated carbocycles. The first kappa shape index (κ1) is 39.0. The van der Waals surface area contributed by atoms with Gasteiger partial charge < -0.3 is 31.6 Å². The highest BCUT2D eigenvalue weighted by molar-refractivity contribution is 5.94. The largest absolute Gasteiger partial charge is 0.494 e. The molecule has 0 unspecified atom stereocenters. The molecule has 0 saturated heterocycles. The molecular formula is C44H51N9O4. The van der Waals surface area contributed by atoms with E-state index in [1.54, 1.807) is 19.1 Å². The van der Waals surface area contributed by atoms with Gasteiger partial charge in [0.2, 0.25) is 11.9 Å². The van der Waals surface area contributed by atoms with E-state index in [9.17, 15) is 10.1 Å². The maximum Gasteiger partial charge on any atom is 0.311 e. The third-order valence-corrected chi connectivity index (χ3v) is 10.6. The Morgan fingerprint density at radius 2 is 1.07 bits per heavy atom. The molecule has 13 heteroatoms. The predicted octanol–water partition coefficient (Wildman–Crippen LogP) is 9.95. The van der Waals surface area contributed by atoms with E-state index in [0.717, 1.165) is 68.5 Å². The van der Waals surface area contributed by atoms with Gasteiger partial charge in [-0.25, -0.2) is 9.97 Å². The summed E-state index contributed by atoms with van der Waals surface area (Å²) in [5, 5.41) is 20.5. The van der Waals surface area contributed by atoms with Crippen molar-refractivity contribution in [2.24, 2.45) is 0 Å². The van der Waals surface area contributed by atoms with E-state index in [0.29, 0.717) is 37.1 Å². The van der Waals surface area contributed by atoms with Crippen LogP contribution in [0.15, 0.2) is 78.9 Å². The van der Waals surface area contributed by atoms with Crippen LogP contribution in [0, 0.1) is 10.1 Å². The van der Waals surface area contributed by atoms with E-state index in [4.69, 9.17) is 20.9 Å². The average Bonchev–Trinajstić information content (AvgIpc) is 3.22. The van der Waals surface area contributed by atoms with Crippen LogP contribution < -0.4 is 31.6 Å². The third kappa shape index (κ3) is 9.60. The molecule has 0 radical (unpaired) electrons. The zero-order valence-corrected chi connectivity index (χ0v) is 32.7. The van der Waals surface area contributed by atoms with Crippen LogP contribution in [0.3, 0.4) is 0 Å². The van der Waals surface area contributed by atoms with Crippen molar-refractivity contribution in [2.45, 2.75) is 90.1 Å². The normalized spacial score (nSPS) is 14.8. The molecule has 2 aromatic heterocycles. The molecule has 0 atom stereocenters. The Morgan fingerprint density at radius 3 is 1.56 bits per heavy atom. The summed E-state index contributed by atoms with van der Waals surface area (Å²) in [6.45, 7) is 4.83. The average molecular weight is 770 g/mol. The van der Waals surface area contributed by atoms with Crippen LogP contribution in [0.5, 0.6) is 11.5 Å². The molecule has 0 amide bonds. The van der Waals surface area contributed by atoms with Crippen molar-refractivity contribution in [3.8, 4) is 33.8 Å². The number of benzene rings is 4.